The molecule has 1 aliphatic rings. The maximum atomic E-state index is 10.5. The minimum absolute atomic E-state index is 0.400. The first-order valence-electron chi connectivity index (χ1n) is 5.57. The van der Waals surface area contributed by atoms with Crippen molar-refractivity contribution in [2.24, 2.45) is 5.92 Å². The van der Waals surface area contributed by atoms with E-state index in [-0.39, 0.29) is 0 Å². The molecule has 0 aliphatic heterocycles. The molecule has 1 aromatic rings. The van der Waals surface area contributed by atoms with Crippen LogP contribution in [0.5, 0.6) is 0 Å². The number of halogens is 1. The minimum atomic E-state index is -0.509. The Morgan fingerprint density at radius 1 is 1.53 bits per heavy atom. The Balaban J connectivity index is 2.14. The highest BCUT2D eigenvalue weighted by molar-refractivity contribution is 6.30. The van der Waals surface area contributed by atoms with Gasteiger partial charge in [-0.05, 0) is 36.5 Å². The molecule has 1 N–H and O–H groups in total. The lowest BCUT2D eigenvalue weighted by Gasteiger charge is -2.27. The van der Waals surface area contributed by atoms with E-state index in [9.17, 15) is 5.11 Å². The molecule has 2 rings (SSSR count). The molecule has 0 spiro atoms. The molecule has 1 fully saturated rings. The highest BCUT2D eigenvalue weighted by Crippen LogP contribution is 2.37. The zero-order valence-corrected chi connectivity index (χ0v) is 9.80. The molecule has 1 aliphatic carbocycles. The molecule has 0 heterocycles. The van der Waals surface area contributed by atoms with Crippen molar-refractivity contribution >= 4 is 11.6 Å². The molecule has 0 bridgehead atoms. The summed E-state index contributed by atoms with van der Waals surface area (Å²) < 4.78 is 0. The van der Waals surface area contributed by atoms with Crippen molar-refractivity contribution in [2.45, 2.75) is 38.2 Å². The Hall–Kier alpha value is -0.530. The van der Waals surface area contributed by atoms with Crippen molar-refractivity contribution in [3.05, 3.63) is 34.9 Å². The van der Waals surface area contributed by atoms with Crippen molar-refractivity contribution in [1.82, 2.24) is 0 Å². The third-order valence-electron chi connectivity index (χ3n) is 3.56. The Labute approximate surface area is 96.1 Å². The lowest BCUT2D eigenvalue weighted by Crippen LogP contribution is -2.34. The van der Waals surface area contributed by atoms with Crippen molar-refractivity contribution in [1.29, 1.82) is 0 Å². The van der Waals surface area contributed by atoms with Gasteiger partial charge in [-0.2, -0.15) is 0 Å². The number of benzene rings is 1. The molecule has 2 atom stereocenters. The summed E-state index contributed by atoms with van der Waals surface area (Å²) in [6, 6.07) is 7.80. The summed E-state index contributed by atoms with van der Waals surface area (Å²) in [6.45, 7) is 2.14. The normalized spacial score (nSPS) is 30.7. The van der Waals surface area contributed by atoms with Gasteiger partial charge in [0, 0.05) is 11.4 Å². The van der Waals surface area contributed by atoms with E-state index in [4.69, 9.17) is 11.6 Å². The van der Waals surface area contributed by atoms with Crippen molar-refractivity contribution in [3.8, 4) is 0 Å². The third kappa shape index (κ3) is 2.35. The molecule has 0 amide bonds. The highest BCUT2D eigenvalue weighted by atomic mass is 35.5. The minimum Gasteiger partial charge on any atom is -0.389 e. The molecular weight excluding hydrogens is 208 g/mol. The molecule has 0 aromatic heterocycles. The summed E-state index contributed by atoms with van der Waals surface area (Å²) in [6.07, 6.45) is 3.92. The fourth-order valence-corrected chi connectivity index (χ4v) is 2.71. The van der Waals surface area contributed by atoms with Crippen LogP contribution in [0.25, 0.3) is 0 Å². The lowest BCUT2D eigenvalue weighted by atomic mass is 9.86. The van der Waals surface area contributed by atoms with Gasteiger partial charge >= 0.3 is 0 Å². The third-order valence-corrected chi connectivity index (χ3v) is 3.80. The first-order chi connectivity index (χ1) is 7.10. The van der Waals surface area contributed by atoms with E-state index in [1.165, 1.54) is 0 Å². The largest absolute Gasteiger partial charge is 0.389 e. The van der Waals surface area contributed by atoms with E-state index in [0.29, 0.717) is 5.92 Å². The summed E-state index contributed by atoms with van der Waals surface area (Å²) in [4.78, 5) is 0. The maximum Gasteiger partial charge on any atom is 0.0713 e. The molecule has 0 saturated heterocycles. The SMILES string of the molecule is CC1CCCC1(O)Cc1cccc(Cl)c1. The first-order valence-corrected chi connectivity index (χ1v) is 5.95. The van der Waals surface area contributed by atoms with Crippen LogP contribution in [0.2, 0.25) is 5.02 Å². The molecule has 2 unspecified atom stereocenters. The van der Waals surface area contributed by atoms with E-state index in [0.717, 1.165) is 36.3 Å². The van der Waals surface area contributed by atoms with Gasteiger partial charge in [0.05, 0.1) is 5.60 Å². The quantitative estimate of drug-likeness (QED) is 0.816. The Morgan fingerprint density at radius 3 is 2.93 bits per heavy atom. The van der Waals surface area contributed by atoms with Crippen LogP contribution in [0.1, 0.15) is 31.7 Å². The number of rotatable bonds is 2. The zero-order valence-electron chi connectivity index (χ0n) is 9.04. The first kappa shape index (κ1) is 11.0. The average molecular weight is 225 g/mol. The number of hydrogen-bond donors (Lipinski definition) is 1. The van der Waals surface area contributed by atoms with Crippen LogP contribution < -0.4 is 0 Å². The topological polar surface area (TPSA) is 20.2 Å². The summed E-state index contributed by atoms with van der Waals surface area (Å²) in [5, 5.41) is 11.2. The lowest BCUT2D eigenvalue weighted by molar-refractivity contribution is 0.00960. The van der Waals surface area contributed by atoms with Crippen molar-refractivity contribution < 1.29 is 5.11 Å². The molecular formula is C13H17ClO. The van der Waals surface area contributed by atoms with Gasteiger partial charge in [0.15, 0.2) is 0 Å². The molecule has 1 aromatic carbocycles. The Kier molecular flexibility index (Phi) is 3.03. The second-order valence-corrected chi connectivity index (χ2v) is 5.14. The van der Waals surface area contributed by atoms with Gasteiger partial charge in [0.25, 0.3) is 0 Å². The van der Waals surface area contributed by atoms with Crippen LogP contribution in [0, 0.1) is 5.92 Å². The highest BCUT2D eigenvalue weighted by Gasteiger charge is 2.37. The fourth-order valence-electron chi connectivity index (χ4n) is 2.49. The average Bonchev–Trinajstić information content (AvgIpc) is 2.47. The smallest absolute Gasteiger partial charge is 0.0713 e. The van der Waals surface area contributed by atoms with Crippen molar-refractivity contribution in [3.63, 3.8) is 0 Å². The van der Waals surface area contributed by atoms with Crippen LogP contribution in [0.3, 0.4) is 0 Å². The number of hydrogen-bond acceptors (Lipinski definition) is 1. The van der Waals surface area contributed by atoms with Crippen LogP contribution in [0.4, 0.5) is 0 Å². The zero-order chi connectivity index (χ0) is 10.9. The van der Waals surface area contributed by atoms with Gasteiger partial charge in [0.1, 0.15) is 0 Å². The second-order valence-electron chi connectivity index (χ2n) is 4.70. The summed E-state index contributed by atoms with van der Waals surface area (Å²) in [5.74, 6) is 0.400. The molecule has 2 heteroatoms. The Bertz CT molecular complexity index is 350. The predicted molar refractivity (Wildman–Crippen MR) is 63.1 cm³/mol. The van der Waals surface area contributed by atoms with Crippen molar-refractivity contribution in [2.75, 3.05) is 0 Å². The van der Waals surface area contributed by atoms with Crippen LogP contribution in [-0.4, -0.2) is 10.7 Å². The molecule has 1 saturated carbocycles. The molecule has 15 heavy (non-hydrogen) atoms. The summed E-state index contributed by atoms with van der Waals surface area (Å²) in [7, 11) is 0. The van der Waals surface area contributed by atoms with Gasteiger partial charge in [-0.15, -0.1) is 0 Å². The maximum absolute atomic E-state index is 10.5. The molecule has 1 nitrogen and oxygen atoms in total. The molecule has 82 valence electrons. The van der Waals surface area contributed by atoms with E-state index in [1.807, 2.05) is 24.3 Å². The van der Waals surface area contributed by atoms with E-state index < -0.39 is 5.60 Å². The van der Waals surface area contributed by atoms with Gasteiger partial charge in [0.2, 0.25) is 0 Å². The van der Waals surface area contributed by atoms with Crippen LogP contribution in [-0.2, 0) is 6.42 Å². The van der Waals surface area contributed by atoms with Gasteiger partial charge < -0.3 is 5.11 Å². The van der Waals surface area contributed by atoms with Gasteiger partial charge in [-0.25, -0.2) is 0 Å². The standard InChI is InChI=1S/C13H17ClO/c1-10-4-3-7-13(10,15)9-11-5-2-6-12(14)8-11/h2,5-6,8,10,15H,3-4,7,9H2,1H3. The van der Waals surface area contributed by atoms with E-state index in [2.05, 4.69) is 6.92 Å². The van der Waals surface area contributed by atoms with Gasteiger partial charge in [-0.1, -0.05) is 37.1 Å². The second kappa shape index (κ2) is 4.15. The Morgan fingerprint density at radius 2 is 2.33 bits per heavy atom. The number of aliphatic hydroxyl groups is 1. The van der Waals surface area contributed by atoms with E-state index >= 15 is 0 Å². The predicted octanol–water partition coefficient (Wildman–Crippen LogP) is 3.43. The summed E-state index contributed by atoms with van der Waals surface area (Å²) >= 11 is 5.93. The monoisotopic (exact) mass is 224 g/mol. The van der Waals surface area contributed by atoms with Crippen LogP contribution in [0.15, 0.2) is 24.3 Å². The molecule has 0 radical (unpaired) electrons. The van der Waals surface area contributed by atoms with E-state index in [1.54, 1.807) is 0 Å². The summed E-state index contributed by atoms with van der Waals surface area (Å²) in [5.41, 5.74) is 0.628. The fraction of sp³-hybridized carbons (Fsp3) is 0.538. The van der Waals surface area contributed by atoms with Crippen LogP contribution >= 0.6 is 11.6 Å². The van der Waals surface area contributed by atoms with Gasteiger partial charge in [-0.3, -0.25) is 0 Å².